The summed E-state index contributed by atoms with van der Waals surface area (Å²) in [6.45, 7) is 22.8. The van der Waals surface area contributed by atoms with E-state index in [9.17, 15) is 0 Å². The van der Waals surface area contributed by atoms with Gasteiger partial charge in [0, 0.05) is 6.20 Å². The van der Waals surface area contributed by atoms with Crippen LogP contribution in [0.25, 0.3) is 66.6 Å². The number of aromatic nitrogens is 4. The van der Waals surface area contributed by atoms with Crippen LogP contribution in [0.1, 0.15) is 122 Å². The monoisotopic (exact) mass is 1110 g/mol. The van der Waals surface area contributed by atoms with Gasteiger partial charge in [-0.3, -0.25) is 0 Å². The van der Waals surface area contributed by atoms with Gasteiger partial charge < -0.3 is 0 Å². The molecule has 7 aromatic carbocycles. The normalized spacial score (nSPS) is 15.4. The molecular weight excluding hydrogens is 1050 g/mol. The van der Waals surface area contributed by atoms with Gasteiger partial charge in [-0.2, -0.15) is 0 Å². The predicted octanol–water partition coefficient (Wildman–Crippen LogP) is 17.1. The van der Waals surface area contributed by atoms with E-state index in [0.717, 1.165) is 38.9 Å². The van der Waals surface area contributed by atoms with Gasteiger partial charge in [0.1, 0.15) is 0 Å². The van der Waals surface area contributed by atoms with E-state index in [1.54, 1.807) is 0 Å². The van der Waals surface area contributed by atoms with Crippen molar-refractivity contribution in [1.82, 2.24) is 18.7 Å². The van der Waals surface area contributed by atoms with Crippen LogP contribution in [0.2, 0.25) is 0 Å². The molecule has 0 saturated carbocycles. The standard InChI is InChI=1S/C65H62N4O.Pt/c1-42-25-31-56(67-41-68(59-24-18-17-23-58(59)67)62-52(43-19-13-11-14-20-43)36-47(65(8,9)10)37-53(62)44-21-15-12-16-22-44)55-39-48(27-29-50(42)55)70-49-28-30-51-54-35-45(63(2,3)4)26-32-57(54)69(60(51)40-49)61-38-46(33-34-66-61)64(5,6)7;/h11-24,26-30,32-38,42,56H,25,31H2,1-10H3;/q-2;. The topological polar surface area (TPSA) is 36.9 Å². The predicted molar refractivity (Wildman–Crippen MR) is 290 cm³/mol. The minimum atomic E-state index is -0.0665. The van der Waals surface area contributed by atoms with Crippen molar-refractivity contribution in [2.45, 2.75) is 110 Å². The summed E-state index contributed by atoms with van der Waals surface area (Å²) < 4.78 is 15.4. The van der Waals surface area contributed by atoms with Crippen molar-refractivity contribution in [3.63, 3.8) is 0 Å². The van der Waals surface area contributed by atoms with Crippen molar-refractivity contribution in [3.05, 3.63) is 202 Å². The zero-order valence-corrected chi connectivity index (χ0v) is 44.9. The molecule has 2 unspecified atom stereocenters. The third-order valence-electron chi connectivity index (χ3n) is 14.7. The molecule has 0 radical (unpaired) electrons. The first-order valence-electron chi connectivity index (χ1n) is 25.1. The summed E-state index contributed by atoms with van der Waals surface area (Å²) in [7, 11) is 0. The second-order valence-electron chi connectivity index (χ2n) is 22.7. The fourth-order valence-electron chi connectivity index (χ4n) is 10.7. The van der Waals surface area contributed by atoms with Crippen LogP contribution in [0.15, 0.2) is 158 Å². The molecule has 6 heteroatoms. The number of hydrogen-bond acceptors (Lipinski definition) is 2. The molecule has 1 aliphatic rings. The maximum atomic E-state index is 6.91. The van der Waals surface area contributed by atoms with Crippen LogP contribution in [0, 0.1) is 15.9 Å². The molecule has 10 aromatic rings. The van der Waals surface area contributed by atoms with Gasteiger partial charge in [-0.15, -0.1) is 0 Å². The Hall–Kier alpha value is -6.55. The summed E-state index contributed by atoms with van der Waals surface area (Å²) in [5.41, 5.74) is 16.6. The summed E-state index contributed by atoms with van der Waals surface area (Å²) in [4.78, 5) is 4.97. The number of fused-ring (bicyclic) bond motifs is 5. The summed E-state index contributed by atoms with van der Waals surface area (Å²) in [6, 6.07) is 63.1. The van der Waals surface area contributed by atoms with Gasteiger partial charge in [0.15, 0.2) is 0 Å². The third kappa shape index (κ3) is 8.44. The molecule has 0 amide bonds. The van der Waals surface area contributed by atoms with E-state index in [1.807, 2.05) is 6.20 Å². The SMILES string of the molecule is CC1CCC(n2[c](=[Pt])n(-c3c(-c4ccccc4)cc(C(C)(C)C)cc3-c3ccccc3)c3ccccc32)c2[c-]c(Oc3[c-]c4c(cc3)c3cc(C(C)(C)C)ccc3n4-c3cc(C(C)(C)C)ccn3)ccc21. The second kappa shape index (κ2) is 17.6. The molecule has 0 bridgehead atoms. The minimum absolute atomic E-state index is 0.00335. The summed E-state index contributed by atoms with van der Waals surface area (Å²) >= 11 is 2.61. The first-order chi connectivity index (χ1) is 33.9. The number of nitrogens with zero attached hydrogens (tertiary/aromatic N) is 4. The van der Waals surface area contributed by atoms with Crippen molar-refractivity contribution >= 4 is 32.8 Å². The Morgan fingerprint density at radius 3 is 1.79 bits per heavy atom. The van der Waals surface area contributed by atoms with Gasteiger partial charge in [0.25, 0.3) is 0 Å². The van der Waals surface area contributed by atoms with Gasteiger partial charge in [-0.25, -0.2) is 4.98 Å². The zero-order valence-electron chi connectivity index (χ0n) is 42.6. The average molecular weight is 1110 g/mol. The van der Waals surface area contributed by atoms with Gasteiger partial charge >= 0.3 is 328 Å². The quantitative estimate of drug-likeness (QED) is 0.149. The van der Waals surface area contributed by atoms with Crippen LogP contribution in [-0.2, 0) is 35.6 Å². The van der Waals surface area contributed by atoms with Crippen LogP contribution in [0.5, 0.6) is 11.5 Å². The summed E-state index contributed by atoms with van der Waals surface area (Å²) in [5, 5.41) is 2.30. The van der Waals surface area contributed by atoms with E-state index in [-0.39, 0.29) is 22.3 Å². The molecule has 1 aliphatic carbocycles. The fourth-order valence-corrected chi connectivity index (χ4v) is 11.8. The van der Waals surface area contributed by atoms with Crippen molar-refractivity contribution in [2.75, 3.05) is 0 Å². The van der Waals surface area contributed by atoms with E-state index < -0.39 is 0 Å². The van der Waals surface area contributed by atoms with E-state index in [2.05, 4.69) is 266 Å². The number of para-hydroxylation sites is 2. The Bertz CT molecular complexity index is 3660. The second-order valence-corrected chi connectivity index (χ2v) is 23.7. The molecule has 0 spiro atoms. The Kier molecular flexibility index (Phi) is 11.6. The van der Waals surface area contributed by atoms with Crippen LogP contribution < -0.4 is 4.74 Å². The summed E-state index contributed by atoms with van der Waals surface area (Å²) in [5.74, 6) is 2.57. The third-order valence-corrected chi connectivity index (χ3v) is 15.8. The molecular formula is C65H62N4OPt-2. The Labute approximate surface area is 430 Å². The van der Waals surface area contributed by atoms with Crippen LogP contribution >= 0.6 is 0 Å². The Morgan fingerprint density at radius 1 is 0.549 bits per heavy atom. The van der Waals surface area contributed by atoms with Gasteiger partial charge in [0.05, 0.1) is 0 Å². The molecule has 360 valence electrons. The van der Waals surface area contributed by atoms with Gasteiger partial charge in [-0.05, 0) is 40.2 Å². The number of ether oxygens (including phenoxy) is 1. The molecule has 71 heavy (non-hydrogen) atoms. The molecule has 5 nitrogen and oxygen atoms in total. The van der Waals surface area contributed by atoms with Crippen LogP contribution in [0.3, 0.4) is 0 Å². The Morgan fingerprint density at radius 2 is 1.14 bits per heavy atom. The summed E-state index contributed by atoms with van der Waals surface area (Å²) in [6.07, 6.45) is 3.97. The first kappa shape index (κ1) is 46.8. The molecule has 11 rings (SSSR count). The van der Waals surface area contributed by atoms with Crippen LogP contribution in [0.4, 0.5) is 0 Å². The first-order valence-corrected chi connectivity index (χ1v) is 26.3. The molecule has 0 aliphatic heterocycles. The van der Waals surface area contributed by atoms with Crippen molar-refractivity contribution in [1.29, 1.82) is 0 Å². The molecule has 3 aromatic heterocycles. The molecule has 2 atom stereocenters. The zero-order chi connectivity index (χ0) is 49.6. The van der Waals surface area contributed by atoms with Crippen molar-refractivity contribution < 1.29 is 24.1 Å². The molecule has 3 heterocycles. The van der Waals surface area contributed by atoms with E-state index >= 15 is 0 Å². The number of pyridine rings is 1. The molecule has 0 saturated heterocycles. The van der Waals surface area contributed by atoms with Gasteiger partial charge in [-0.1, -0.05) is 53.7 Å². The van der Waals surface area contributed by atoms with Crippen molar-refractivity contribution in [3.8, 4) is 45.3 Å². The number of rotatable bonds is 7. The van der Waals surface area contributed by atoms with Crippen molar-refractivity contribution in [2.24, 2.45) is 0 Å². The number of benzene rings is 7. The number of imidazole rings is 1. The fraction of sp³-hybridized carbons (Fsp3) is 0.262. The molecule has 0 N–H and O–H groups in total. The molecule has 0 fully saturated rings. The maximum absolute atomic E-state index is 6.91. The van der Waals surface area contributed by atoms with E-state index in [4.69, 9.17) is 9.72 Å². The van der Waals surface area contributed by atoms with E-state index in [0.29, 0.717) is 17.4 Å². The van der Waals surface area contributed by atoms with E-state index in [1.165, 1.54) is 72.2 Å². The van der Waals surface area contributed by atoms with Crippen LogP contribution in [-0.4, -0.2) is 18.7 Å². The number of hydrogen-bond donors (Lipinski definition) is 0. The van der Waals surface area contributed by atoms with Gasteiger partial charge in [0.2, 0.25) is 0 Å². The average Bonchev–Trinajstić information content (AvgIpc) is 3.83. The Balaban J connectivity index is 1.07.